The van der Waals surface area contributed by atoms with Crippen LogP contribution in [0.15, 0.2) is 0 Å². The maximum absolute atomic E-state index is 11.5. The standard InChI is InChI=1S/C18H28O2/c1-4-18(3,20-10(2)19)15-9-13-8-14(15)17-12-6-5-11(7-12)16(13)17/h11-17H,4-9H2,1-3H3. The van der Waals surface area contributed by atoms with Gasteiger partial charge in [0.05, 0.1) is 0 Å². The minimum absolute atomic E-state index is 0.0957. The summed E-state index contributed by atoms with van der Waals surface area (Å²) in [6.45, 7) is 5.96. The first kappa shape index (κ1) is 13.2. The maximum Gasteiger partial charge on any atom is 0.303 e. The lowest BCUT2D eigenvalue weighted by Crippen LogP contribution is -2.46. The number of esters is 1. The third-order valence-corrected chi connectivity index (χ3v) is 7.60. The summed E-state index contributed by atoms with van der Waals surface area (Å²) in [5, 5.41) is 0. The van der Waals surface area contributed by atoms with E-state index in [4.69, 9.17) is 4.74 Å². The molecule has 0 spiro atoms. The highest BCUT2D eigenvalue weighted by atomic mass is 16.6. The van der Waals surface area contributed by atoms with Gasteiger partial charge in [0, 0.05) is 12.8 Å². The molecule has 2 nitrogen and oxygen atoms in total. The van der Waals surface area contributed by atoms with E-state index in [0.29, 0.717) is 5.92 Å². The molecule has 4 saturated carbocycles. The summed E-state index contributed by atoms with van der Waals surface area (Å²) in [6.07, 6.45) is 8.24. The van der Waals surface area contributed by atoms with Crippen molar-refractivity contribution in [1.82, 2.24) is 0 Å². The fourth-order valence-corrected chi connectivity index (χ4v) is 7.01. The Balaban J connectivity index is 1.59. The van der Waals surface area contributed by atoms with Crippen molar-refractivity contribution in [3.8, 4) is 0 Å². The van der Waals surface area contributed by atoms with Crippen LogP contribution in [-0.4, -0.2) is 11.6 Å². The largest absolute Gasteiger partial charge is 0.459 e. The molecule has 0 heterocycles. The van der Waals surface area contributed by atoms with Crippen molar-refractivity contribution >= 4 is 5.97 Å². The molecular weight excluding hydrogens is 248 g/mol. The van der Waals surface area contributed by atoms with Gasteiger partial charge in [-0.05, 0) is 81.0 Å². The predicted octanol–water partition coefficient (Wildman–Crippen LogP) is 4.04. The van der Waals surface area contributed by atoms with Crippen molar-refractivity contribution < 1.29 is 9.53 Å². The van der Waals surface area contributed by atoms with Crippen LogP contribution in [0.25, 0.3) is 0 Å². The first-order valence-electron chi connectivity index (χ1n) is 8.73. The Hall–Kier alpha value is -0.530. The highest BCUT2D eigenvalue weighted by Gasteiger charge is 2.64. The summed E-state index contributed by atoms with van der Waals surface area (Å²) >= 11 is 0. The molecule has 0 amide bonds. The molecule has 4 bridgehead atoms. The number of hydrogen-bond donors (Lipinski definition) is 0. The molecule has 20 heavy (non-hydrogen) atoms. The first-order chi connectivity index (χ1) is 9.53. The Bertz CT molecular complexity index is 431. The van der Waals surface area contributed by atoms with Crippen LogP contribution in [0.3, 0.4) is 0 Å². The van der Waals surface area contributed by atoms with Crippen LogP contribution >= 0.6 is 0 Å². The number of hydrogen-bond acceptors (Lipinski definition) is 2. The second-order valence-corrected chi connectivity index (χ2v) is 8.25. The molecule has 0 aliphatic heterocycles. The van der Waals surface area contributed by atoms with E-state index in [9.17, 15) is 4.79 Å². The van der Waals surface area contributed by atoms with E-state index < -0.39 is 0 Å². The molecule has 0 saturated heterocycles. The van der Waals surface area contributed by atoms with Crippen molar-refractivity contribution in [2.75, 3.05) is 0 Å². The van der Waals surface area contributed by atoms with Gasteiger partial charge in [-0.2, -0.15) is 0 Å². The van der Waals surface area contributed by atoms with E-state index in [1.165, 1.54) is 32.1 Å². The molecule has 0 radical (unpaired) electrons. The zero-order valence-corrected chi connectivity index (χ0v) is 13.1. The normalized spacial score (nSPS) is 51.0. The smallest absolute Gasteiger partial charge is 0.303 e. The third kappa shape index (κ3) is 1.60. The van der Waals surface area contributed by atoms with Crippen LogP contribution in [0.4, 0.5) is 0 Å². The lowest BCUT2D eigenvalue weighted by molar-refractivity contribution is -0.166. The summed E-state index contributed by atoms with van der Waals surface area (Å²) in [4.78, 5) is 11.5. The van der Waals surface area contributed by atoms with Gasteiger partial charge in [-0.1, -0.05) is 6.92 Å². The molecule has 4 fully saturated rings. The topological polar surface area (TPSA) is 26.3 Å². The monoisotopic (exact) mass is 276 g/mol. The van der Waals surface area contributed by atoms with Crippen LogP contribution in [0, 0.1) is 41.4 Å². The van der Waals surface area contributed by atoms with Crippen molar-refractivity contribution in [3.63, 3.8) is 0 Å². The molecule has 0 N–H and O–H groups in total. The minimum Gasteiger partial charge on any atom is -0.459 e. The van der Waals surface area contributed by atoms with Crippen molar-refractivity contribution in [3.05, 3.63) is 0 Å². The molecule has 0 aromatic rings. The summed E-state index contributed by atoms with van der Waals surface area (Å²) in [5.41, 5.74) is -0.210. The Morgan fingerprint density at radius 1 is 1.10 bits per heavy atom. The van der Waals surface area contributed by atoms with E-state index >= 15 is 0 Å². The van der Waals surface area contributed by atoms with Gasteiger partial charge in [0.15, 0.2) is 0 Å². The van der Waals surface area contributed by atoms with Crippen LogP contribution in [0.5, 0.6) is 0 Å². The first-order valence-corrected chi connectivity index (χ1v) is 8.73. The van der Waals surface area contributed by atoms with Gasteiger partial charge >= 0.3 is 5.97 Å². The van der Waals surface area contributed by atoms with Gasteiger partial charge in [-0.3, -0.25) is 4.79 Å². The van der Waals surface area contributed by atoms with Gasteiger partial charge < -0.3 is 4.74 Å². The summed E-state index contributed by atoms with van der Waals surface area (Å²) in [7, 11) is 0. The van der Waals surface area contributed by atoms with Gasteiger partial charge in [0.2, 0.25) is 0 Å². The number of carbonyl (C=O) groups excluding carboxylic acids is 1. The zero-order valence-electron chi connectivity index (χ0n) is 13.1. The molecule has 2 heteroatoms. The highest BCUT2D eigenvalue weighted by Crippen LogP contribution is 2.70. The van der Waals surface area contributed by atoms with E-state index in [1.807, 2.05) is 0 Å². The van der Waals surface area contributed by atoms with Gasteiger partial charge in [0.25, 0.3) is 0 Å². The van der Waals surface area contributed by atoms with Crippen LogP contribution in [0.2, 0.25) is 0 Å². The van der Waals surface area contributed by atoms with E-state index in [0.717, 1.165) is 41.9 Å². The molecule has 0 aromatic carbocycles. The maximum atomic E-state index is 11.5. The number of fused-ring (bicyclic) bond motifs is 9. The second kappa shape index (κ2) is 4.24. The molecule has 0 aromatic heterocycles. The molecule has 8 atom stereocenters. The lowest BCUT2D eigenvalue weighted by Gasteiger charge is -2.45. The van der Waals surface area contributed by atoms with Crippen LogP contribution < -0.4 is 0 Å². The van der Waals surface area contributed by atoms with Crippen LogP contribution in [0.1, 0.15) is 59.3 Å². The summed E-state index contributed by atoms with van der Waals surface area (Å²) < 4.78 is 5.81. The van der Waals surface area contributed by atoms with Gasteiger partial charge in [-0.15, -0.1) is 0 Å². The lowest BCUT2D eigenvalue weighted by atomic mass is 9.63. The average molecular weight is 276 g/mol. The number of rotatable bonds is 3. The SMILES string of the molecule is CCC(C)(OC(C)=O)C1CC2CC1C1C3CCC(C3)C21. The molecule has 4 rings (SSSR count). The Morgan fingerprint density at radius 2 is 1.80 bits per heavy atom. The van der Waals surface area contributed by atoms with E-state index in [2.05, 4.69) is 13.8 Å². The quantitative estimate of drug-likeness (QED) is 0.574. The Kier molecular flexibility index (Phi) is 2.79. The molecular formula is C18H28O2. The van der Waals surface area contributed by atoms with Crippen molar-refractivity contribution in [2.45, 2.75) is 64.9 Å². The fourth-order valence-electron chi connectivity index (χ4n) is 7.01. The van der Waals surface area contributed by atoms with E-state index in [1.54, 1.807) is 6.92 Å². The van der Waals surface area contributed by atoms with E-state index in [-0.39, 0.29) is 11.6 Å². The second-order valence-electron chi connectivity index (χ2n) is 8.25. The summed E-state index contributed by atoms with van der Waals surface area (Å²) in [6, 6.07) is 0. The van der Waals surface area contributed by atoms with Crippen LogP contribution in [-0.2, 0) is 9.53 Å². The zero-order chi connectivity index (χ0) is 14.1. The third-order valence-electron chi connectivity index (χ3n) is 7.60. The molecule has 4 aliphatic carbocycles. The molecule has 112 valence electrons. The van der Waals surface area contributed by atoms with Gasteiger partial charge in [0.1, 0.15) is 5.60 Å². The predicted molar refractivity (Wildman–Crippen MR) is 78.0 cm³/mol. The van der Waals surface area contributed by atoms with Crippen molar-refractivity contribution in [2.24, 2.45) is 41.4 Å². The average Bonchev–Trinajstić information content (AvgIpc) is 3.15. The number of ether oxygens (including phenoxy) is 1. The minimum atomic E-state index is -0.210. The summed E-state index contributed by atoms with van der Waals surface area (Å²) in [5.74, 6) is 6.44. The Labute approximate surface area is 122 Å². The molecule has 8 unspecified atom stereocenters. The molecule has 4 aliphatic rings. The van der Waals surface area contributed by atoms with Gasteiger partial charge in [-0.25, -0.2) is 0 Å². The highest BCUT2D eigenvalue weighted by molar-refractivity contribution is 5.66. The number of carbonyl (C=O) groups is 1. The van der Waals surface area contributed by atoms with Crippen molar-refractivity contribution in [1.29, 1.82) is 0 Å². The fraction of sp³-hybridized carbons (Fsp3) is 0.944. The Morgan fingerprint density at radius 3 is 2.45 bits per heavy atom.